The van der Waals surface area contributed by atoms with E-state index in [1.54, 1.807) is 24.0 Å². The first kappa shape index (κ1) is 21.9. The molecule has 2 N–H and O–H groups in total. The Hall–Kier alpha value is -2.77. The molecule has 0 radical (unpaired) electrons. The molecular weight excluding hydrogens is 380 g/mol. The molecule has 1 saturated heterocycles. The molecule has 2 aromatic rings. The molecule has 1 fully saturated rings. The zero-order valence-electron chi connectivity index (χ0n) is 18.4. The molecule has 1 amide bonds. The van der Waals surface area contributed by atoms with Gasteiger partial charge in [-0.05, 0) is 51.5 Å². The summed E-state index contributed by atoms with van der Waals surface area (Å²) in [6.07, 6.45) is 5.65. The number of carbonyl (C=O) groups excluding carboxylic acids is 2. The van der Waals surface area contributed by atoms with E-state index in [1.807, 2.05) is 25.7 Å². The first-order chi connectivity index (χ1) is 14.3. The van der Waals surface area contributed by atoms with Gasteiger partial charge in [0, 0.05) is 49.9 Å². The van der Waals surface area contributed by atoms with Crippen molar-refractivity contribution in [3.05, 3.63) is 35.0 Å². The first-order valence-electron chi connectivity index (χ1n) is 10.7. The van der Waals surface area contributed by atoms with Gasteiger partial charge in [0.2, 0.25) is 5.91 Å². The van der Waals surface area contributed by atoms with Crippen molar-refractivity contribution in [2.75, 3.05) is 18.8 Å². The van der Waals surface area contributed by atoms with Gasteiger partial charge in [-0.25, -0.2) is 9.97 Å². The van der Waals surface area contributed by atoms with Gasteiger partial charge < -0.3 is 10.6 Å². The summed E-state index contributed by atoms with van der Waals surface area (Å²) in [5.41, 5.74) is 8.63. The number of Topliss-reactive ketones (excluding diaryl/α,β-unsaturated/α-hetero) is 1. The third-order valence-corrected chi connectivity index (χ3v) is 6.11. The van der Waals surface area contributed by atoms with Crippen LogP contribution in [0.1, 0.15) is 60.2 Å². The smallest absolute Gasteiger partial charge is 0.225 e. The summed E-state index contributed by atoms with van der Waals surface area (Å²) in [5, 5.41) is 4.03. The number of nitrogens with zero attached hydrogens (tertiary/aromatic N) is 5. The minimum atomic E-state index is -0.323. The van der Waals surface area contributed by atoms with E-state index in [0.29, 0.717) is 23.3 Å². The number of aryl methyl sites for hydroxylation is 3. The molecule has 2 aromatic heterocycles. The molecule has 0 spiro atoms. The van der Waals surface area contributed by atoms with Crippen molar-refractivity contribution in [1.82, 2.24) is 24.6 Å². The number of likely N-dealkylation sites (tertiary alicyclic amines) is 1. The molecule has 8 heteroatoms. The Balaban J connectivity index is 1.47. The van der Waals surface area contributed by atoms with E-state index in [0.717, 1.165) is 50.0 Å². The topological polar surface area (TPSA) is 107 Å². The Bertz CT molecular complexity index is 891. The average Bonchev–Trinajstić information content (AvgIpc) is 3.13. The van der Waals surface area contributed by atoms with E-state index < -0.39 is 0 Å². The summed E-state index contributed by atoms with van der Waals surface area (Å²) in [6, 6.07) is 1.69. The maximum absolute atomic E-state index is 12.8. The minimum absolute atomic E-state index is 0.0426. The van der Waals surface area contributed by atoms with E-state index in [9.17, 15) is 9.59 Å². The SMILES string of the molecule is Cc1nc(C)c(CCC2CCN(C(=O)[C@H](C)CC(=O)c3ccnn3C)CC2)c(N)n1. The number of piperidine rings is 1. The van der Waals surface area contributed by atoms with E-state index in [4.69, 9.17) is 5.73 Å². The lowest BCUT2D eigenvalue weighted by molar-refractivity contribution is -0.136. The number of nitrogens with two attached hydrogens (primary N) is 1. The highest BCUT2D eigenvalue weighted by molar-refractivity contribution is 5.97. The summed E-state index contributed by atoms with van der Waals surface area (Å²) < 4.78 is 1.55. The van der Waals surface area contributed by atoms with Gasteiger partial charge in [-0.2, -0.15) is 5.10 Å². The van der Waals surface area contributed by atoms with E-state index >= 15 is 0 Å². The van der Waals surface area contributed by atoms with Crippen molar-refractivity contribution in [3.8, 4) is 0 Å². The molecule has 0 unspecified atom stereocenters. The minimum Gasteiger partial charge on any atom is -0.383 e. The molecule has 1 atom stereocenters. The van der Waals surface area contributed by atoms with Crippen molar-refractivity contribution >= 4 is 17.5 Å². The van der Waals surface area contributed by atoms with Crippen LogP contribution < -0.4 is 5.73 Å². The predicted octanol–water partition coefficient (Wildman–Crippen LogP) is 2.49. The fourth-order valence-corrected chi connectivity index (χ4v) is 4.29. The molecule has 0 aliphatic carbocycles. The number of amides is 1. The third-order valence-electron chi connectivity index (χ3n) is 6.11. The second-order valence-electron chi connectivity index (χ2n) is 8.40. The van der Waals surface area contributed by atoms with Crippen molar-refractivity contribution in [1.29, 1.82) is 0 Å². The maximum Gasteiger partial charge on any atom is 0.225 e. The number of hydrogen-bond acceptors (Lipinski definition) is 6. The molecule has 3 heterocycles. The number of rotatable bonds is 7. The maximum atomic E-state index is 12.8. The molecule has 0 aromatic carbocycles. The van der Waals surface area contributed by atoms with Gasteiger partial charge in [0.1, 0.15) is 17.3 Å². The first-order valence-corrected chi connectivity index (χ1v) is 10.7. The van der Waals surface area contributed by atoms with E-state index in [1.165, 1.54) is 0 Å². The van der Waals surface area contributed by atoms with Crippen LogP contribution in [0.2, 0.25) is 0 Å². The van der Waals surface area contributed by atoms with E-state index in [2.05, 4.69) is 15.1 Å². The lowest BCUT2D eigenvalue weighted by atomic mass is 9.89. The van der Waals surface area contributed by atoms with Crippen LogP contribution in [0.5, 0.6) is 0 Å². The molecule has 30 heavy (non-hydrogen) atoms. The van der Waals surface area contributed by atoms with E-state index in [-0.39, 0.29) is 24.0 Å². The van der Waals surface area contributed by atoms with Crippen molar-refractivity contribution in [3.63, 3.8) is 0 Å². The van der Waals surface area contributed by atoms with Crippen LogP contribution in [0.15, 0.2) is 12.3 Å². The number of nitrogen functional groups attached to an aromatic ring is 1. The number of aromatic nitrogens is 4. The molecule has 8 nitrogen and oxygen atoms in total. The van der Waals surface area contributed by atoms with Gasteiger partial charge in [-0.15, -0.1) is 0 Å². The van der Waals surface area contributed by atoms with Gasteiger partial charge >= 0.3 is 0 Å². The highest BCUT2D eigenvalue weighted by atomic mass is 16.2. The molecule has 1 aliphatic rings. The monoisotopic (exact) mass is 412 g/mol. The Labute approximate surface area is 177 Å². The lowest BCUT2D eigenvalue weighted by Gasteiger charge is -2.33. The second kappa shape index (κ2) is 9.36. The summed E-state index contributed by atoms with van der Waals surface area (Å²) in [7, 11) is 1.74. The quantitative estimate of drug-likeness (QED) is 0.700. The number of hydrogen-bond donors (Lipinski definition) is 1. The highest BCUT2D eigenvalue weighted by Gasteiger charge is 2.28. The van der Waals surface area contributed by atoms with Crippen molar-refractivity contribution in [2.45, 2.75) is 52.9 Å². The highest BCUT2D eigenvalue weighted by Crippen LogP contribution is 2.26. The van der Waals surface area contributed by atoms with Crippen LogP contribution in [0.25, 0.3) is 0 Å². The van der Waals surface area contributed by atoms with Crippen LogP contribution in [-0.2, 0) is 18.3 Å². The standard InChI is InChI=1S/C22H32N6O2/c1-14(13-20(29)19-7-10-24-27(19)4)22(30)28-11-8-17(9-12-28)5-6-18-15(2)25-16(3)26-21(18)23/h7,10,14,17H,5-6,8-9,11-13H2,1-4H3,(H2,23,25,26)/t14-/m1/s1. The number of ketones is 1. The predicted molar refractivity (Wildman–Crippen MR) is 115 cm³/mol. The molecule has 3 rings (SSSR count). The summed E-state index contributed by atoms with van der Waals surface area (Å²) in [6.45, 7) is 7.16. The van der Waals surface area contributed by atoms with Gasteiger partial charge in [0.05, 0.1) is 0 Å². The van der Waals surface area contributed by atoms with Crippen LogP contribution >= 0.6 is 0 Å². The van der Waals surface area contributed by atoms with Crippen molar-refractivity contribution < 1.29 is 9.59 Å². The summed E-state index contributed by atoms with van der Waals surface area (Å²) >= 11 is 0. The zero-order chi connectivity index (χ0) is 21.8. The fraction of sp³-hybridized carbons (Fsp3) is 0.591. The van der Waals surface area contributed by atoms with Crippen LogP contribution in [0.3, 0.4) is 0 Å². The largest absolute Gasteiger partial charge is 0.383 e. The normalized spacial score (nSPS) is 15.9. The number of carbonyl (C=O) groups is 2. The Kier molecular flexibility index (Phi) is 6.84. The molecule has 162 valence electrons. The van der Waals surface area contributed by atoms with Crippen LogP contribution in [0.4, 0.5) is 5.82 Å². The zero-order valence-corrected chi connectivity index (χ0v) is 18.4. The molecule has 1 aliphatic heterocycles. The Morgan fingerprint density at radius 1 is 1.23 bits per heavy atom. The number of anilines is 1. The second-order valence-corrected chi connectivity index (χ2v) is 8.40. The fourth-order valence-electron chi connectivity index (χ4n) is 4.29. The lowest BCUT2D eigenvalue weighted by Crippen LogP contribution is -2.41. The third kappa shape index (κ3) is 5.04. The summed E-state index contributed by atoms with van der Waals surface area (Å²) in [4.78, 5) is 35.8. The van der Waals surface area contributed by atoms with Crippen molar-refractivity contribution in [2.24, 2.45) is 18.9 Å². The molecule has 0 saturated carbocycles. The van der Waals surface area contributed by atoms with Crippen LogP contribution in [-0.4, -0.2) is 49.4 Å². The molecular formula is C22H32N6O2. The summed E-state index contributed by atoms with van der Waals surface area (Å²) in [5.74, 6) is 1.54. The average molecular weight is 413 g/mol. The molecule has 0 bridgehead atoms. The Morgan fingerprint density at radius 3 is 2.53 bits per heavy atom. The van der Waals surface area contributed by atoms with Gasteiger partial charge in [0.15, 0.2) is 5.78 Å². The van der Waals surface area contributed by atoms with Gasteiger partial charge in [-0.1, -0.05) is 6.92 Å². The van der Waals surface area contributed by atoms with Gasteiger partial charge in [-0.3, -0.25) is 14.3 Å². The van der Waals surface area contributed by atoms with Crippen LogP contribution in [0, 0.1) is 25.7 Å². The Morgan fingerprint density at radius 2 is 1.93 bits per heavy atom. The van der Waals surface area contributed by atoms with Gasteiger partial charge in [0.25, 0.3) is 0 Å².